The highest BCUT2D eigenvalue weighted by Crippen LogP contribution is 2.24. The van der Waals surface area contributed by atoms with Crippen LogP contribution in [0.2, 0.25) is 0 Å². The number of benzene rings is 1. The monoisotopic (exact) mass is 403 g/mol. The summed E-state index contributed by atoms with van der Waals surface area (Å²) in [5.74, 6) is -0.370. The molecule has 0 bridgehead atoms. The Morgan fingerprint density at radius 2 is 1.79 bits per heavy atom. The number of piperidine rings is 1. The molecule has 156 valence electrons. The molecule has 3 amide bonds. The molecule has 0 spiro atoms. The van der Waals surface area contributed by atoms with Crippen molar-refractivity contribution in [2.45, 2.75) is 51.6 Å². The molecule has 1 heterocycles. The third-order valence-electron chi connectivity index (χ3n) is 3.77. The first-order chi connectivity index (χ1) is 12.9. The second kappa shape index (κ2) is 8.57. The summed E-state index contributed by atoms with van der Waals surface area (Å²) in [5, 5.41) is 5.37. The third kappa shape index (κ3) is 7.53. The summed E-state index contributed by atoms with van der Waals surface area (Å²) >= 11 is 0. The average Bonchev–Trinajstić information content (AvgIpc) is 2.53. The van der Waals surface area contributed by atoms with Crippen LogP contribution in [0.4, 0.5) is 28.4 Å². The molecule has 28 heavy (non-hydrogen) atoms. The number of likely N-dealkylation sites (tertiary alicyclic amines) is 1. The number of carbonyl (C=O) groups excluding carboxylic acids is 2. The van der Waals surface area contributed by atoms with Crippen LogP contribution in [-0.2, 0) is 4.74 Å². The van der Waals surface area contributed by atoms with Gasteiger partial charge in [0.15, 0.2) is 0 Å². The minimum atomic E-state index is -4.77. The van der Waals surface area contributed by atoms with Crippen molar-refractivity contribution in [3.63, 3.8) is 0 Å². The summed E-state index contributed by atoms with van der Waals surface area (Å²) in [7, 11) is 0. The zero-order valence-electron chi connectivity index (χ0n) is 15.9. The minimum absolute atomic E-state index is 0.239. The van der Waals surface area contributed by atoms with Crippen LogP contribution in [0.15, 0.2) is 24.3 Å². The minimum Gasteiger partial charge on any atom is -0.444 e. The number of rotatable bonds is 3. The van der Waals surface area contributed by atoms with Crippen LogP contribution in [0.25, 0.3) is 0 Å². The first-order valence-corrected chi connectivity index (χ1v) is 8.82. The molecule has 1 fully saturated rings. The van der Waals surface area contributed by atoms with Gasteiger partial charge in [0.25, 0.3) is 0 Å². The molecule has 1 aliphatic heterocycles. The summed E-state index contributed by atoms with van der Waals surface area (Å²) in [6.45, 7) is 6.10. The van der Waals surface area contributed by atoms with Gasteiger partial charge in [-0.15, -0.1) is 13.2 Å². The lowest BCUT2D eigenvalue weighted by Crippen LogP contribution is -2.51. The molecular formula is C18H24F3N3O4. The van der Waals surface area contributed by atoms with Crippen LogP contribution in [0.5, 0.6) is 5.75 Å². The number of urea groups is 1. The quantitative estimate of drug-likeness (QED) is 0.796. The van der Waals surface area contributed by atoms with Gasteiger partial charge in [-0.2, -0.15) is 0 Å². The second-order valence-corrected chi connectivity index (χ2v) is 7.43. The van der Waals surface area contributed by atoms with E-state index in [4.69, 9.17) is 4.74 Å². The number of amides is 3. The van der Waals surface area contributed by atoms with Crippen LogP contribution in [-0.4, -0.2) is 48.1 Å². The van der Waals surface area contributed by atoms with Crippen molar-refractivity contribution in [3.8, 4) is 5.75 Å². The molecule has 0 aliphatic carbocycles. The summed E-state index contributed by atoms with van der Waals surface area (Å²) in [6.07, 6.45) is -3.90. The number of nitrogens with zero attached hydrogens (tertiary/aromatic N) is 1. The Hall–Kier alpha value is -2.65. The fourth-order valence-corrected chi connectivity index (χ4v) is 2.70. The highest BCUT2D eigenvalue weighted by atomic mass is 19.4. The molecular weight excluding hydrogens is 379 g/mol. The average molecular weight is 403 g/mol. The van der Waals surface area contributed by atoms with Gasteiger partial charge in [-0.1, -0.05) is 0 Å². The highest BCUT2D eigenvalue weighted by molar-refractivity contribution is 5.89. The summed E-state index contributed by atoms with van der Waals surface area (Å²) in [4.78, 5) is 25.8. The van der Waals surface area contributed by atoms with Gasteiger partial charge in [0, 0.05) is 24.8 Å². The van der Waals surface area contributed by atoms with E-state index in [2.05, 4.69) is 15.4 Å². The lowest BCUT2D eigenvalue weighted by molar-refractivity contribution is -0.274. The van der Waals surface area contributed by atoms with Crippen LogP contribution in [0, 0.1) is 0 Å². The molecule has 1 saturated heterocycles. The van der Waals surface area contributed by atoms with Crippen molar-refractivity contribution in [1.82, 2.24) is 10.2 Å². The summed E-state index contributed by atoms with van der Waals surface area (Å²) in [5.41, 5.74) is -0.278. The predicted molar refractivity (Wildman–Crippen MR) is 96.1 cm³/mol. The van der Waals surface area contributed by atoms with E-state index in [1.807, 2.05) is 0 Å². The lowest BCUT2D eigenvalue weighted by atomic mass is 10.1. The van der Waals surface area contributed by atoms with Gasteiger partial charge in [-0.25, -0.2) is 9.59 Å². The molecule has 7 nitrogen and oxygen atoms in total. The van der Waals surface area contributed by atoms with Crippen molar-refractivity contribution < 1.29 is 32.2 Å². The number of carbonyl (C=O) groups is 2. The molecule has 1 aromatic rings. The van der Waals surface area contributed by atoms with Gasteiger partial charge < -0.3 is 25.0 Å². The van der Waals surface area contributed by atoms with Gasteiger partial charge in [0.05, 0.1) is 0 Å². The number of halogens is 3. The Morgan fingerprint density at radius 1 is 1.14 bits per heavy atom. The number of alkyl carbamates (subject to hydrolysis) is 1. The molecule has 0 radical (unpaired) electrons. The summed E-state index contributed by atoms with van der Waals surface area (Å²) < 4.78 is 45.5. The van der Waals surface area contributed by atoms with Crippen LogP contribution < -0.4 is 15.4 Å². The van der Waals surface area contributed by atoms with E-state index in [-0.39, 0.29) is 11.8 Å². The topological polar surface area (TPSA) is 79.9 Å². The number of nitrogens with one attached hydrogen (secondary N) is 2. The number of ether oxygens (including phenoxy) is 2. The fourth-order valence-electron chi connectivity index (χ4n) is 2.70. The van der Waals surface area contributed by atoms with Crippen LogP contribution >= 0.6 is 0 Å². The standard InChI is InChI=1S/C18H24F3N3O4/c1-17(2,3)28-16(26)23-13-5-4-10-24(11-13)15(25)22-12-6-8-14(9-7-12)27-18(19,20)21/h6-9,13H,4-5,10-11H2,1-3H3,(H,22,25)(H,23,26)/t13-/m1/s1. The molecule has 2 rings (SSSR count). The van der Waals surface area contributed by atoms with E-state index >= 15 is 0 Å². The van der Waals surface area contributed by atoms with Crippen LogP contribution in [0.1, 0.15) is 33.6 Å². The van der Waals surface area contributed by atoms with Gasteiger partial charge >= 0.3 is 18.5 Å². The van der Waals surface area contributed by atoms with E-state index in [0.717, 1.165) is 12.1 Å². The van der Waals surface area contributed by atoms with Crippen LogP contribution in [0.3, 0.4) is 0 Å². The first kappa shape index (κ1) is 21.6. The number of alkyl halides is 3. The zero-order valence-corrected chi connectivity index (χ0v) is 15.9. The van der Waals surface area contributed by atoms with E-state index in [9.17, 15) is 22.8 Å². The first-order valence-electron chi connectivity index (χ1n) is 8.82. The Kier molecular flexibility index (Phi) is 6.63. The summed E-state index contributed by atoms with van der Waals surface area (Å²) in [6, 6.07) is 4.23. The molecule has 1 atom stereocenters. The van der Waals surface area contributed by atoms with E-state index in [0.29, 0.717) is 31.6 Å². The molecule has 1 aliphatic rings. The SMILES string of the molecule is CC(C)(C)OC(=O)N[C@@H]1CCCN(C(=O)Nc2ccc(OC(F)(F)F)cc2)C1. The maximum absolute atomic E-state index is 12.4. The molecule has 0 saturated carbocycles. The third-order valence-corrected chi connectivity index (χ3v) is 3.77. The van der Waals surface area contributed by atoms with Crippen molar-refractivity contribution >= 4 is 17.8 Å². The van der Waals surface area contributed by atoms with Crippen molar-refractivity contribution in [3.05, 3.63) is 24.3 Å². The molecule has 0 unspecified atom stereocenters. The van der Waals surface area contributed by atoms with Crippen molar-refractivity contribution in [2.24, 2.45) is 0 Å². The molecule has 0 aromatic heterocycles. The zero-order chi connectivity index (χ0) is 20.9. The maximum atomic E-state index is 12.4. The van der Waals surface area contributed by atoms with E-state index in [1.165, 1.54) is 17.0 Å². The predicted octanol–water partition coefficient (Wildman–Crippen LogP) is 4.11. The van der Waals surface area contributed by atoms with Gasteiger partial charge in [0.2, 0.25) is 0 Å². The molecule has 1 aromatic carbocycles. The normalized spacial score (nSPS) is 17.6. The smallest absolute Gasteiger partial charge is 0.444 e. The number of hydrogen-bond donors (Lipinski definition) is 2. The lowest BCUT2D eigenvalue weighted by Gasteiger charge is -2.33. The second-order valence-electron chi connectivity index (χ2n) is 7.43. The Labute approximate surface area is 161 Å². The van der Waals surface area contributed by atoms with Gasteiger partial charge in [-0.3, -0.25) is 0 Å². The van der Waals surface area contributed by atoms with E-state index in [1.54, 1.807) is 20.8 Å². The largest absolute Gasteiger partial charge is 0.573 e. The Bertz CT molecular complexity index is 687. The molecule has 2 N–H and O–H groups in total. The highest BCUT2D eigenvalue weighted by Gasteiger charge is 2.31. The molecule has 10 heteroatoms. The Balaban J connectivity index is 1.87. The number of hydrogen-bond acceptors (Lipinski definition) is 4. The van der Waals surface area contributed by atoms with Gasteiger partial charge in [0.1, 0.15) is 11.4 Å². The number of anilines is 1. The maximum Gasteiger partial charge on any atom is 0.573 e. The van der Waals surface area contributed by atoms with Crippen molar-refractivity contribution in [1.29, 1.82) is 0 Å². The van der Waals surface area contributed by atoms with E-state index < -0.39 is 24.1 Å². The van der Waals surface area contributed by atoms with Gasteiger partial charge in [-0.05, 0) is 57.9 Å². The Morgan fingerprint density at radius 3 is 2.36 bits per heavy atom. The fraction of sp³-hybridized carbons (Fsp3) is 0.556. The van der Waals surface area contributed by atoms with Crippen molar-refractivity contribution in [2.75, 3.05) is 18.4 Å².